The third-order valence-corrected chi connectivity index (χ3v) is 3.90. The molecular formula is C14H30N2O2. The van der Waals surface area contributed by atoms with Crippen molar-refractivity contribution in [1.29, 1.82) is 0 Å². The van der Waals surface area contributed by atoms with E-state index in [0.29, 0.717) is 18.2 Å². The van der Waals surface area contributed by atoms with Crippen LogP contribution in [0.5, 0.6) is 0 Å². The van der Waals surface area contributed by atoms with Crippen LogP contribution in [0, 0.1) is 0 Å². The van der Waals surface area contributed by atoms with Gasteiger partial charge in [0, 0.05) is 30.8 Å². The van der Waals surface area contributed by atoms with E-state index in [0.717, 1.165) is 26.0 Å². The van der Waals surface area contributed by atoms with Crippen molar-refractivity contribution in [2.45, 2.75) is 64.3 Å². The van der Waals surface area contributed by atoms with E-state index in [1.807, 2.05) is 0 Å². The number of nitrogens with one attached hydrogen (secondary N) is 1. The Hall–Kier alpha value is -0.160. The molecule has 0 aromatic heterocycles. The molecule has 4 heteroatoms. The first-order chi connectivity index (χ1) is 8.38. The summed E-state index contributed by atoms with van der Waals surface area (Å²) >= 11 is 0. The quantitative estimate of drug-likeness (QED) is 0.721. The minimum Gasteiger partial charge on any atom is -0.394 e. The maximum absolute atomic E-state index is 9.56. The minimum atomic E-state index is -0.189. The van der Waals surface area contributed by atoms with E-state index >= 15 is 0 Å². The zero-order valence-corrected chi connectivity index (χ0v) is 12.6. The Kier molecular flexibility index (Phi) is 6.05. The van der Waals surface area contributed by atoms with Gasteiger partial charge in [0.2, 0.25) is 0 Å². The molecule has 0 aliphatic carbocycles. The van der Waals surface area contributed by atoms with Crippen LogP contribution in [0.4, 0.5) is 0 Å². The molecule has 1 fully saturated rings. The molecule has 1 aliphatic heterocycles. The SMILES string of the molecule is CC(C)NC(C)(CO)CCN(C)C1CCOC1C. The largest absolute Gasteiger partial charge is 0.394 e. The van der Waals surface area contributed by atoms with Crippen LogP contribution in [0.15, 0.2) is 0 Å². The van der Waals surface area contributed by atoms with Crippen LogP contribution in [0.1, 0.15) is 40.5 Å². The van der Waals surface area contributed by atoms with Crippen LogP contribution in [-0.4, -0.2) is 60.5 Å². The predicted molar refractivity (Wildman–Crippen MR) is 74.8 cm³/mol. The second-order valence-corrected chi connectivity index (χ2v) is 6.18. The van der Waals surface area contributed by atoms with Crippen molar-refractivity contribution in [3.05, 3.63) is 0 Å². The minimum absolute atomic E-state index is 0.176. The van der Waals surface area contributed by atoms with Gasteiger partial charge in [-0.05, 0) is 33.7 Å². The molecule has 3 atom stereocenters. The number of rotatable bonds is 7. The van der Waals surface area contributed by atoms with Crippen LogP contribution in [-0.2, 0) is 4.74 Å². The Balaban J connectivity index is 2.42. The number of aliphatic hydroxyl groups excluding tert-OH is 1. The maximum atomic E-state index is 9.56. The summed E-state index contributed by atoms with van der Waals surface area (Å²) < 4.78 is 5.60. The third-order valence-electron chi connectivity index (χ3n) is 3.90. The first-order valence-corrected chi connectivity index (χ1v) is 7.08. The zero-order chi connectivity index (χ0) is 13.8. The summed E-state index contributed by atoms with van der Waals surface area (Å²) in [4.78, 5) is 2.37. The number of likely N-dealkylation sites (N-methyl/N-ethyl adjacent to an activating group) is 1. The lowest BCUT2D eigenvalue weighted by Crippen LogP contribution is -2.51. The van der Waals surface area contributed by atoms with Crippen molar-refractivity contribution in [2.24, 2.45) is 0 Å². The van der Waals surface area contributed by atoms with Gasteiger partial charge in [0.15, 0.2) is 0 Å². The van der Waals surface area contributed by atoms with Gasteiger partial charge in [-0.3, -0.25) is 0 Å². The summed E-state index contributed by atoms with van der Waals surface area (Å²) in [5.41, 5.74) is -0.189. The highest BCUT2D eigenvalue weighted by molar-refractivity contribution is 4.87. The first kappa shape index (κ1) is 15.9. The highest BCUT2D eigenvalue weighted by Crippen LogP contribution is 2.20. The molecule has 0 radical (unpaired) electrons. The zero-order valence-electron chi connectivity index (χ0n) is 12.6. The van der Waals surface area contributed by atoms with Gasteiger partial charge < -0.3 is 20.1 Å². The van der Waals surface area contributed by atoms with Crippen LogP contribution < -0.4 is 5.32 Å². The number of hydrogen-bond donors (Lipinski definition) is 2. The molecule has 0 aromatic carbocycles. The van der Waals surface area contributed by atoms with Gasteiger partial charge >= 0.3 is 0 Å². The average Bonchev–Trinajstić information content (AvgIpc) is 2.71. The fourth-order valence-electron chi connectivity index (χ4n) is 2.78. The van der Waals surface area contributed by atoms with E-state index in [1.165, 1.54) is 0 Å². The van der Waals surface area contributed by atoms with Crippen LogP contribution in [0.2, 0.25) is 0 Å². The topological polar surface area (TPSA) is 44.7 Å². The molecule has 1 aliphatic rings. The molecule has 0 aromatic rings. The van der Waals surface area contributed by atoms with Crippen LogP contribution in [0.25, 0.3) is 0 Å². The van der Waals surface area contributed by atoms with Crippen molar-refractivity contribution >= 4 is 0 Å². The number of hydrogen-bond acceptors (Lipinski definition) is 4. The maximum Gasteiger partial charge on any atom is 0.0702 e. The molecule has 2 N–H and O–H groups in total. The van der Waals surface area contributed by atoms with E-state index in [1.54, 1.807) is 0 Å². The lowest BCUT2D eigenvalue weighted by molar-refractivity contribution is 0.0755. The summed E-state index contributed by atoms with van der Waals surface area (Å²) in [5.74, 6) is 0. The second-order valence-electron chi connectivity index (χ2n) is 6.18. The molecule has 1 heterocycles. The molecule has 0 bridgehead atoms. The Morgan fingerprint density at radius 2 is 2.17 bits per heavy atom. The molecule has 18 heavy (non-hydrogen) atoms. The van der Waals surface area contributed by atoms with Gasteiger partial charge in [-0.15, -0.1) is 0 Å². The summed E-state index contributed by atoms with van der Waals surface area (Å²) in [6, 6.07) is 0.910. The van der Waals surface area contributed by atoms with Crippen molar-refractivity contribution < 1.29 is 9.84 Å². The van der Waals surface area contributed by atoms with E-state index in [2.05, 4.69) is 45.0 Å². The molecule has 0 amide bonds. The van der Waals surface area contributed by atoms with Gasteiger partial charge in [0.25, 0.3) is 0 Å². The van der Waals surface area contributed by atoms with Crippen molar-refractivity contribution in [3.63, 3.8) is 0 Å². The van der Waals surface area contributed by atoms with Gasteiger partial charge in [-0.2, -0.15) is 0 Å². The number of ether oxygens (including phenoxy) is 1. The van der Waals surface area contributed by atoms with Gasteiger partial charge in [0.05, 0.1) is 12.7 Å². The lowest BCUT2D eigenvalue weighted by atomic mass is 9.97. The fraction of sp³-hybridized carbons (Fsp3) is 1.00. The van der Waals surface area contributed by atoms with Gasteiger partial charge in [-0.25, -0.2) is 0 Å². The molecule has 0 spiro atoms. The average molecular weight is 258 g/mol. The summed E-state index contributed by atoms with van der Waals surface area (Å²) in [6.07, 6.45) is 2.39. The molecule has 0 saturated carbocycles. The normalized spacial score (nSPS) is 28.0. The Labute approximate surface area is 112 Å². The Morgan fingerprint density at radius 1 is 1.50 bits per heavy atom. The summed E-state index contributed by atoms with van der Waals surface area (Å²) in [5, 5.41) is 13.0. The Morgan fingerprint density at radius 3 is 2.61 bits per heavy atom. The summed E-state index contributed by atoms with van der Waals surface area (Å²) in [6.45, 7) is 10.5. The highest BCUT2D eigenvalue weighted by Gasteiger charge is 2.30. The molecule has 1 saturated heterocycles. The van der Waals surface area contributed by atoms with Gasteiger partial charge in [0.1, 0.15) is 0 Å². The highest BCUT2D eigenvalue weighted by atomic mass is 16.5. The predicted octanol–water partition coefficient (Wildman–Crippen LogP) is 1.23. The monoisotopic (exact) mass is 258 g/mol. The van der Waals surface area contributed by atoms with Crippen molar-refractivity contribution in [2.75, 3.05) is 26.8 Å². The van der Waals surface area contributed by atoms with E-state index < -0.39 is 0 Å². The van der Waals surface area contributed by atoms with Crippen LogP contribution >= 0.6 is 0 Å². The third kappa shape index (κ3) is 4.50. The molecular weight excluding hydrogens is 228 g/mol. The second kappa shape index (κ2) is 6.85. The lowest BCUT2D eigenvalue weighted by Gasteiger charge is -2.34. The van der Waals surface area contributed by atoms with E-state index in [4.69, 9.17) is 4.74 Å². The summed E-state index contributed by atoms with van der Waals surface area (Å²) in [7, 11) is 2.16. The Bertz CT molecular complexity index is 248. The van der Waals surface area contributed by atoms with Crippen LogP contribution in [0.3, 0.4) is 0 Å². The van der Waals surface area contributed by atoms with E-state index in [9.17, 15) is 5.11 Å². The first-order valence-electron chi connectivity index (χ1n) is 7.08. The standard InChI is InChI=1S/C14H30N2O2/c1-11(2)15-14(4,10-17)7-8-16(5)13-6-9-18-12(13)3/h11-13,15,17H,6-10H2,1-5H3. The molecule has 1 rings (SSSR count). The number of aliphatic hydroxyl groups is 1. The van der Waals surface area contributed by atoms with Crippen molar-refractivity contribution in [3.8, 4) is 0 Å². The van der Waals surface area contributed by atoms with E-state index in [-0.39, 0.29) is 12.1 Å². The van der Waals surface area contributed by atoms with Gasteiger partial charge in [-0.1, -0.05) is 13.8 Å². The molecule has 4 nitrogen and oxygen atoms in total. The number of nitrogens with zero attached hydrogens (tertiary/aromatic N) is 1. The molecule has 108 valence electrons. The van der Waals surface area contributed by atoms with Crippen molar-refractivity contribution in [1.82, 2.24) is 10.2 Å². The smallest absolute Gasteiger partial charge is 0.0702 e. The molecule has 3 unspecified atom stereocenters. The fourth-order valence-corrected chi connectivity index (χ4v) is 2.78.